The summed E-state index contributed by atoms with van der Waals surface area (Å²) in [6, 6.07) is 0. The van der Waals surface area contributed by atoms with Crippen molar-refractivity contribution in [3.63, 3.8) is 0 Å². The number of alkyl halides is 3. The molecule has 17 heavy (non-hydrogen) atoms. The average Bonchev–Trinajstić information content (AvgIpc) is 2.64. The van der Waals surface area contributed by atoms with Crippen LogP contribution in [0.3, 0.4) is 0 Å². The lowest BCUT2D eigenvalue weighted by atomic mass is 9.96. The lowest BCUT2D eigenvalue weighted by Crippen LogP contribution is -2.14. The average molecular weight is 264 g/mol. The zero-order chi connectivity index (χ0) is 12.6. The molecule has 0 saturated heterocycles. The first-order chi connectivity index (χ1) is 7.88. The first-order valence-corrected chi connectivity index (χ1v) is 5.63. The molecule has 0 radical (unpaired) electrons. The first-order valence-electron chi connectivity index (χ1n) is 4.75. The maximum atomic E-state index is 13.1. The number of anilines is 1. The summed E-state index contributed by atoms with van der Waals surface area (Å²) >= 11 is 1.14. The predicted molar refractivity (Wildman–Crippen MR) is 57.9 cm³/mol. The molecule has 0 spiro atoms. The molecular formula is C10H8F4N2S. The molecule has 0 fully saturated rings. The van der Waals surface area contributed by atoms with Crippen molar-refractivity contribution in [2.75, 3.05) is 5.73 Å². The smallest absolute Gasteiger partial charge is 0.375 e. The highest BCUT2D eigenvalue weighted by Crippen LogP contribution is 2.39. The number of hydrogen-bond donors (Lipinski definition) is 1. The van der Waals surface area contributed by atoms with Crippen molar-refractivity contribution in [1.29, 1.82) is 0 Å². The Morgan fingerprint density at radius 1 is 1.29 bits per heavy atom. The first kappa shape index (κ1) is 12.1. The fourth-order valence-corrected chi connectivity index (χ4v) is 2.16. The Labute approximate surface area is 98.5 Å². The van der Waals surface area contributed by atoms with Crippen molar-refractivity contribution in [2.45, 2.75) is 19.0 Å². The van der Waals surface area contributed by atoms with Crippen LogP contribution in [0.5, 0.6) is 0 Å². The maximum Gasteiger partial charge on any atom is 0.418 e. The van der Waals surface area contributed by atoms with Gasteiger partial charge in [-0.15, -0.1) is 11.3 Å². The lowest BCUT2D eigenvalue weighted by Gasteiger charge is -2.16. The second-order valence-electron chi connectivity index (χ2n) is 3.56. The van der Waals surface area contributed by atoms with E-state index in [4.69, 9.17) is 5.73 Å². The molecule has 2 nitrogen and oxygen atoms in total. The number of aromatic nitrogens is 1. The lowest BCUT2D eigenvalue weighted by molar-refractivity contribution is -0.0903. The van der Waals surface area contributed by atoms with Crippen molar-refractivity contribution < 1.29 is 17.6 Å². The van der Waals surface area contributed by atoms with Crippen LogP contribution >= 0.6 is 11.3 Å². The molecule has 1 aliphatic rings. The molecule has 1 aliphatic carbocycles. The van der Waals surface area contributed by atoms with E-state index in [9.17, 15) is 17.6 Å². The Balaban J connectivity index is 2.39. The molecule has 2 rings (SSSR count). The molecule has 1 heterocycles. The summed E-state index contributed by atoms with van der Waals surface area (Å²) < 4.78 is 50.6. The largest absolute Gasteiger partial charge is 0.418 e. The van der Waals surface area contributed by atoms with Crippen LogP contribution in [0.4, 0.5) is 22.7 Å². The van der Waals surface area contributed by atoms with Crippen molar-refractivity contribution in [1.82, 2.24) is 4.98 Å². The van der Waals surface area contributed by atoms with E-state index in [-0.39, 0.29) is 18.0 Å². The number of nitrogens with two attached hydrogens (primary N) is 1. The number of hydrogen-bond acceptors (Lipinski definition) is 3. The van der Waals surface area contributed by atoms with Gasteiger partial charge in [0.1, 0.15) is 5.83 Å². The summed E-state index contributed by atoms with van der Waals surface area (Å²) in [5, 5.41) is 1.85. The van der Waals surface area contributed by atoms with E-state index in [1.54, 1.807) is 5.38 Å². The van der Waals surface area contributed by atoms with Gasteiger partial charge in [-0.2, -0.15) is 13.2 Å². The fourth-order valence-electron chi connectivity index (χ4n) is 1.58. The van der Waals surface area contributed by atoms with E-state index in [1.807, 2.05) is 0 Å². The molecule has 0 saturated carbocycles. The summed E-state index contributed by atoms with van der Waals surface area (Å²) in [5.74, 6) is -1.12. The molecule has 7 heteroatoms. The monoisotopic (exact) mass is 264 g/mol. The summed E-state index contributed by atoms with van der Waals surface area (Å²) in [5.41, 5.74) is 4.95. The Bertz CT molecular complexity index is 499. The van der Waals surface area contributed by atoms with E-state index in [1.165, 1.54) is 0 Å². The van der Waals surface area contributed by atoms with Gasteiger partial charge >= 0.3 is 6.18 Å². The SMILES string of the molecule is Nc1nc(C2=CC(C(F)(F)F)=C(F)CC2)cs1. The van der Waals surface area contributed by atoms with Gasteiger partial charge in [0.25, 0.3) is 0 Å². The molecule has 1 aromatic heterocycles. The quantitative estimate of drug-likeness (QED) is 0.786. The summed E-state index contributed by atoms with van der Waals surface area (Å²) in [7, 11) is 0. The third-order valence-electron chi connectivity index (χ3n) is 2.38. The van der Waals surface area contributed by atoms with Crippen molar-refractivity contribution in [3.05, 3.63) is 28.5 Å². The summed E-state index contributed by atoms with van der Waals surface area (Å²) in [6.07, 6.45) is -3.91. The number of nitrogen functional groups attached to an aromatic ring is 1. The van der Waals surface area contributed by atoms with E-state index in [0.717, 1.165) is 17.4 Å². The van der Waals surface area contributed by atoms with Crippen LogP contribution in [0.1, 0.15) is 18.5 Å². The second-order valence-corrected chi connectivity index (χ2v) is 4.45. The zero-order valence-electron chi connectivity index (χ0n) is 8.51. The van der Waals surface area contributed by atoms with Gasteiger partial charge in [0.05, 0.1) is 11.3 Å². The summed E-state index contributed by atoms with van der Waals surface area (Å²) in [4.78, 5) is 3.89. The molecule has 0 amide bonds. The second kappa shape index (κ2) is 4.14. The highest BCUT2D eigenvalue weighted by Gasteiger charge is 2.37. The van der Waals surface area contributed by atoms with Crippen molar-refractivity contribution >= 4 is 22.0 Å². The van der Waals surface area contributed by atoms with Gasteiger partial charge < -0.3 is 5.73 Å². The molecule has 2 N–H and O–H groups in total. The number of rotatable bonds is 1. The predicted octanol–water partition coefficient (Wildman–Crippen LogP) is 3.69. The zero-order valence-corrected chi connectivity index (χ0v) is 9.33. The topological polar surface area (TPSA) is 38.9 Å². The minimum absolute atomic E-state index is 0.203. The molecule has 0 atom stereocenters. The Kier molecular flexibility index (Phi) is 2.94. The van der Waals surface area contributed by atoms with Gasteiger partial charge in [-0.25, -0.2) is 9.37 Å². The number of allylic oxidation sites excluding steroid dienone is 4. The van der Waals surface area contributed by atoms with Crippen LogP contribution in [-0.4, -0.2) is 11.2 Å². The maximum absolute atomic E-state index is 13.1. The minimum atomic E-state index is -4.67. The molecular weight excluding hydrogens is 256 g/mol. The van der Waals surface area contributed by atoms with E-state index < -0.39 is 17.6 Å². The molecule has 0 unspecified atom stereocenters. The normalized spacial score (nSPS) is 17.3. The standard InChI is InChI=1S/C10H8F4N2S/c11-7-2-1-5(3-6(7)10(12,13)14)8-4-17-9(15)16-8/h3-4H,1-2H2,(H2,15,16). The highest BCUT2D eigenvalue weighted by molar-refractivity contribution is 7.13. The van der Waals surface area contributed by atoms with Crippen LogP contribution in [0.25, 0.3) is 5.57 Å². The van der Waals surface area contributed by atoms with E-state index >= 15 is 0 Å². The minimum Gasteiger partial charge on any atom is -0.375 e. The van der Waals surface area contributed by atoms with Gasteiger partial charge in [0.2, 0.25) is 0 Å². The number of halogens is 4. The summed E-state index contributed by atoms with van der Waals surface area (Å²) in [6.45, 7) is 0. The molecule has 0 aromatic carbocycles. The van der Waals surface area contributed by atoms with Gasteiger partial charge in [0.15, 0.2) is 5.13 Å². The molecule has 1 aromatic rings. The van der Waals surface area contributed by atoms with Gasteiger partial charge in [-0.1, -0.05) is 0 Å². The van der Waals surface area contributed by atoms with Crippen LogP contribution in [-0.2, 0) is 0 Å². The van der Waals surface area contributed by atoms with Crippen LogP contribution in [0.2, 0.25) is 0 Å². The molecule has 0 aliphatic heterocycles. The van der Waals surface area contributed by atoms with Crippen molar-refractivity contribution in [3.8, 4) is 0 Å². The van der Waals surface area contributed by atoms with Gasteiger partial charge in [-0.3, -0.25) is 0 Å². The fraction of sp³-hybridized carbons (Fsp3) is 0.300. The van der Waals surface area contributed by atoms with Crippen molar-refractivity contribution in [2.24, 2.45) is 0 Å². The Morgan fingerprint density at radius 2 is 2.00 bits per heavy atom. The van der Waals surface area contributed by atoms with Crippen LogP contribution < -0.4 is 5.73 Å². The third kappa shape index (κ3) is 2.49. The van der Waals surface area contributed by atoms with Crippen LogP contribution in [0, 0.1) is 0 Å². The molecule has 92 valence electrons. The van der Waals surface area contributed by atoms with E-state index in [2.05, 4.69) is 4.98 Å². The van der Waals surface area contributed by atoms with E-state index in [0.29, 0.717) is 11.3 Å². The Hall–Kier alpha value is -1.37. The van der Waals surface area contributed by atoms with Gasteiger partial charge in [0, 0.05) is 11.8 Å². The van der Waals surface area contributed by atoms with Crippen LogP contribution in [0.15, 0.2) is 22.9 Å². The highest BCUT2D eigenvalue weighted by atomic mass is 32.1. The van der Waals surface area contributed by atoms with Gasteiger partial charge in [-0.05, 0) is 18.1 Å². The number of nitrogens with zero attached hydrogens (tertiary/aromatic N) is 1. The third-order valence-corrected chi connectivity index (χ3v) is 3.05. The molecule has 0 bridgehead atoms. The number of thiazole rings is 1. The Morgan fingerprint density at radius 3 is 2.53 bits per heavy atom.